The van der Waals surface area contributed by atoms with Crippen molar-refractivity contribution in [2.75, 3.05) is 11.0 Å². The Hall–Kier alpha value is -5.43. The van der Waals surface area contributed by atoms with Gasteiger partial charge in [0.2, 0.25) is 15.9 Å². The summed E-state index contributed by atoms with van der Waals surface area (Å²) in [6.07, 6.45) is -2.70. The molecular formula is C36H29ClF6N8O4S. The van der Waals surface area contributed by atoms with E-state index < -0.39 is 87.7 Å². The Kier molecular flexibility index (Phi) is 8.75. The number of alkyl halides is 4. The first kappa shape index (κ1) is 37.5. The van der Waals surface area contributed by atoms with Gasteiger partial charge in [-0.2, -0.15) is 19.0 Å². The Morgan fingerprint density at radius 3 is 2.48 bits per heavy atom. The molecule has 0 aliphatic heterocycles. The second-order valence-electron chi connectivity index (χ2n) is 14.0. The Labute approximate surface area is 318 Å². The van der Waals surface area contributed by atoms with Crippen LogP contribution < -0.4 is 15.6 Å². The van der Waals surface area contributed by atoms with Crippen LogP contribution in [0.4, 0.5) is 32.2 Å². The third-order valence-electron chi connectivity index (χ3n) is 10.0. The number of hydrogen-bond donors (Lipinski definition) is 2. The summed E-state index contributed by atoms with van der Waals surface area (Å²) in [4.78, 5) is 33.4. The molecular weight excluding hydrogens is 790 g/mol. The van der Waals surface area contributed by atoms with E-state index in [4.69, 9.17) is 16.6 Å². The molecule has 3 aromatic heterocycles. The quantitative estimate of drug-likeness (QED) is 0.154. The fraction of sp³-hybridized carbons (Fsp3) is 0.306. The molecule has 6 aromatic rings. The minimum Gasteiger partial charge on any atom is -0.344 e. The van der Waals surface area contributed by atoms with Gasteiger partial charge < -0.3 is 5.32 Å². The van der Waals surface area contributed by atoms with Crippen molar-refractivity contribution >= 4 is 55.2 Å². The number of halogens is 7. The van der Waals surface area contributed by atoms with Crippen LogP contribution in [0.3, 0.4) is 0 Å². The van der Waals surface area contributed by atoms with Crippen LogP contribution >= 0.6 is 11.6 Å². The lowest BCUT2D eigenvalue weighted by Gasteiger charge is -2.24. The van der Waals surface area contributed by atoms with Gasteiger partial charge in [0.05, 0.1) is 44.8 Å². The van der Waals surface area contributed by atoms with Gasteiger partial charge in [0.15, 0.2) is 5.82 Å². The number of fused-ring (bicyclic) bond motifs is 5. The summed E-state index contributed by atoms with van der Waals surface area (Å²) in [5, 5.41) is 10.9. The highest BCUT2D eigenvalue weighted by Gasteiger charge is 2.67. The monoisotopic (exact) mass is 818 g/mol. The van der Waals surface area contributed by atoms with E-state index in [1.807, 2.05) is 0 Å². The standard InChI is InChI=1S/C36H29ClF6N8O4S/c1-15-5-4-6-19-28(15)45-34(51(35(19)53)24-8-7-22(37)27-30(24)49(2)47-33(27)48-56(3,54)55)23(11-16-9-17(38)12-18(39)10-16)44-25(52)14-50-31-26(29(46-50)32(40)41)20-13-21(20)36(31,42)43/h4-10,12,20-21,23,32H,11,13-14H2,1-3H3,(H,44,52)(H,47,48)/t20?,21?,23-/m0/s1. The third kappa shape index (κ3) is 6.25. The van der Waals surface area contributed by atoms with Gasteiger partial charge in [-0.25, -0.2) is 31.0 Å². The van der Waals surface area contributed by atoms with Crippen LogP contribution in [0.2, 0.25) is 5.02 Å². The van der Waals surface area contributed by atoms with Crippen molar-refractivity contribution in [3.63, 3.8) is 0 Å². The minimum absolute atomic E-state index is 0.00788. The predicted molar refractivity (Wildman–Crippen MR) is 193 cm³/mol. The second-order valence-corrected chi connectivity index (χ2v) is 16.2. The first-order valence-corrected chi connectivity index (χ1v) is 19.3. The molecule has 20 heteroatoms. The van der Waals surface area contributed by atoms with Gasteiger partial charge in [0, 0.05) is 31.0 Å². The van der Waals surface area contributed by atoms with E-state index in [0.717, 1.165) is 23.0 Å². The van der Waals surface area contributed by atoms with Crippen molar-refractivity contribution in [3.8, 4) is 5.69 Å². The number of rotatable bonds is 10. The number of para-hydroxylation sites is 1. The Morgan fingerprint density at radius 2 is 1.80 bits per heavy atom. The number of carbonyl (C=O) groups excluding carboxylic acids is 1. The Bertz CT molecular complexity index is 2800. The molecule has 2 unspecified atom stereocenters. The fourth-order valence-corrected chi connectivity index (χ4v) is 8.48. The van der Waals surface area contributed by atoms with Gasteiger partial charge in [-0.1, -0.05) is 23.7 Å². The van der Waals surface area contributed by atoms with E-state index in [-0.39, 0.29) is 61.7 Å². The molecule has 3 heterocycles. The lowest BCUT2D eigenvalue weighted by molar-refractivity contribution is -0.123. The molecule has 2 aliphatic carbocycles. The van der Waals surface area contributed by atoms with Crippen LogP contribution in [0, 0.1) is 24.5 Å². The summed E-state index contributed by atoms with van der Waals surface area (Å²) in [5.41, 5.74) is -1.68. The van der Waals surface area contributed by atoms with Gasteiger partial charge in [-0.05, 0) is 60.7 Å². The van der Waals surface area contributed by atoms with Crippen LogP contribution in [0.15, 0.2) is 53.3 Å². The van der Waals surface area contributed by atoms with Crippen molar-refractivity contribution < 1.29 is 39.6 Å². The lowest BCUT2D eigenvalue weighted by atomic mass is 10.0. The number of benzene rings is 3. The van der Waals surface area contributed by atoms with Gasteiger partial charge in [-0.15, -0.1) is 0 Å². The molecule has 0 spiro atoms. The molecule has 1 fully saturated rings. The molecule has 2 aliphatic rings. The summed E-state index contributed by atoms with van der Waals surface area (Å²) in [6, 6.07) is 8.75. The number of aromatic nitrogens is 6. The summed E-state index contributed by atoms with van der Waals surface area (Å²) in [5.74, 6) is -8.84. The predicted octanol–water partition coefficient (Wildman–Crippen LogP) is 6.33. The highest BCUT2D eigenvalue weighted by Crippen LogP contribution is 2.68. The summed E-state index contributed by atoms with van der Waals surface area (Å²) < 4.78 is 118. The van der Waals surface area contributed by atoms with E-state index in [1.165, 1.54) is 29.9 Å². The van der Waals surface area contributed by atoms with Crippen molar-refractivity contribution in [2.45, 2.75) is 50.6 Å². The van der Waals surface area contributed by atoms with Crippen LogP contribution in [0.5, 0.6) is 0 Å². The van der Waals surface area contributed by atoms with Crippen LogP contribution in [-0.2, 0) is 40.8 Å². The second kappa shape index (κ2) is 13.1. The summed E-state index contributed by atoms with van der Waals surface area (Å²) in [6.45, 7) is 0.717. The maximum atomic E-state index is 15.4. The van der Waals surface area contributed by atoms with Gasteiger partial charge in [0.25, 0.3) is 17.9 Å². The van der Waals surface area contributed by atoms with Crippen LogP contribution in [-0.4, -0.2) is 49.7 Å². The van der Waals surface area contributed by atoms with Crippen molar-refractivity contribution in [1.29, 1.82) is 0 Å². The van der Waals surface area contributed by atoms with Gasteiger partial charge >= 0.3 is 0 Å². The maximum Gasteiger partial charge on any atom is 0.293 e. The fourth-order valence-electron chi connectivity index (χ4n) is 7.75. The van der Waals surface area contributed by atoms with Gasteiger partial charge in [0.1, 0.15) is 35.4 Å². The van der Waals surface area contributed by atoms with Gasteiger partial charge in [-0.3, -0.25) is 28.2 Å². The number of amides is 1. The Morgan fingerprint density at radius 1 is 1.09 bits per heavy atom. The van der Waals surface area contributed by atoms with E-state index in [0.29, 0.717) is 16.3 Å². The topological polar surface area (TPSA) is 146 Å². The SMILES string of the molecule is Cc1cccc2c(=O)n(-c3ccc(Cl)c4c(NS(C)(=O)=O)nn(C)c34)c([C@H](Cc3cc(F)cc(F)c3)NC(=O)Cn3nc(C(F)F)c4c3C(F)(F)C3CC43)nc12. The first-order chi connectivity index (χ1) is 26.3. The number of nitrogens with one attached hydrogen (secondary N) is 2. The normalized spacial score (nSPS) is 17.7. The highest BCUT2D eigenvalue weighted by atomic mass is 35.5. The zero-order valence-corrected chi connectivity index (χ0v) is 31.0. The van der Waals surface area contributed by atoms with Crippen molar-refractivity contribution in [3.05, 3.63) is 109 Å². The zero-order chi connectivity index (χ0) is 40.2. The summed E-state index contributed by atoms with van der Waals surface area (Å²) >= 11 is 6.57. The maximum absolute atomic E-state index is 15.4. The molecule has 0 radical (unpaired) electrons. The highest BCUT2D eigenvalue weighted by molar-refractivity contribution is 7.92. The number of anilines is 1. The Balaban J connectivity index is 1.32. The third-order valence-corrected chi connectivity index (χ3v) is 10.9. The van der Waals surface area contributed by atoms with Crippen molar-refractivity contribution in [1.82, 2.24) is 34.4 Å². The molecule has 292 valence electrons. The average Bonchev–Trinajstić information content (AvgIpc) is 3.63. The van der Waals surface area contributed by atoms with E-state index in [1.54, 1.807) is 19.1 Å². The average molecular weight is 819 g/mol. The molecule has 2 N–H and O–H groups in total. The molecule has 1 saturated carbocycles. The van der Waals surface area contributed by atoms with Crippen LogP contribution in [0.1, 0.15) is 58.7 Å². The number of sulfonamides is 1. The van der Waals surface area contributed by atoms with Crippen molar-refractivity contribution in [2.24, 2.45) is 13.0 Å². The smallest absolute Gasteiger partial charge is 0.293 e. The molecule has 3 atom stereocenters. The zero-order valence-electron chi connectivity index (χ0n) is 29.4. The molecule has 8 rings (SSSR count). The number of nitrogens with zero attached hydrogens (tertiary/aromatic N) is 6. The van der Waals surface area contributed by atoms with Crippen LogP contribution in [0.25, 0.3) is 27.5 Å². The minimum atomic E-state index is -3.88. The number of hydrogen-bond acceptors (Lipinski definition) is 7. The summed E-state index contributed by atoms with van der Waals surface area (Å²) in [7, 11) is -2.42. The number of aryl methyl sites for hydroxylation is 2. The molecule has 3 aromatic carbocycles. The van der Waals surface area contributed by atoms with E-state index in [9.17, 15) is 35.6 Å². The van der Waals surface area contributed by atoms with E-state index in [2.05, 4.69) is 20.2 Å². The molecule has 12 nitrogen and oxygen atoms in total. The molecule has 0 saturated heterocycles. The largest absolute Gasteiger partial charge is 0.344 e. The number of carbonyl (C=O) groups is 1. The molecule has 0 bridgehead atoms. The first-order valence-electron chi connectivity index (χ1n) is 17.0. The lowest BCUT2D eigenvalue weighted by Crippen LogP contribution is -2.38. The van der Waals surface area contributed by atoms with E-state index >= 15 is 8.78 Å². The molecule has 1 amide bonds. The molecule has 56 heavy (non-hydrogen) atoms.